The summed E-state index contributed by atoms with van der Waals surface area (Å²) < 4.78 is 5.37. The van der Waals surface area contributed by atoms with Gasteiger partial charge in [-0.1, -0.05) is 13.8 Å². The monoisotopic (exact) mass is 257 g/mol. The van der Waals surface area contributed by atoms with Crippen LogP contribution in [0, 0.1) is 11.8 Å². The second kappa shape index (κ2) is 5.69. The van der Waals surface area contributed by atoms with Crippen LogP contribution < -0.4 is 5.32 Å². The molecule has 18 heavy (non-hydrogen) atoms. The van der Waals surface area contributed by atoms with E-state index in [1.54, 1.807) is 6.92 Å². The standard InChI is InChI=1S/C13H23NO4/c1-5-18-10-6-9(10)12(17)14-13(4,8(2)3)7-11(15)16/h8-10H,5-7H2,1-4H3,(H,14,17)(H,15,16). The molecule has 0 aromatic heterocycles. The highest BCUT2D eigenvalue weighted by atomic mass is 16.5. The molecular formula is C13H23NO4. The summed E-state index contributed by atoms with van der Waals surface area (Å²) in [5.74, 6) is -1.05. The van der Waals surface area contributed by atoms with E-state index in [1.165, 1.54) is 0 Å². The number of amides is 1. The minimum Gasteiger partial charge on any atom is -0.481 e. The van der Waals surface area contributed by atoms with Crippen molar-refractivity contribution in [1.82, 2.24) is 5.32 Å². The van der Waals surface area contributed by atoms with Crippen LogP contribution in [0.2, 0.25) is 0 Å². The van der Waals surface area contributed by atoms with Gasteiger partial charge < -0.3 is 15.2 Å². The molecule has 0 bridgehead atoms. The Hall–Kier alpha value is -1.10. The van der Waals surface area contributed by atoms with Gasteiger partial charge in [0.05, 0.1) is 18.4 Å². The van der Waals surface area contributed by atoms with Crippen molar-refractivity contribution in [1.29, 1.82) is 0 Å². The van der Waals surface area contributed by atoms with Crippen LogP contribution in [-0.2, 0) is 14.3 Å². The molecule has 1 saturated carbocycles. The molecule has 0 aliphatic heterocycles. The maximum atomic E-state index is 12.0. The van der Waals surface area contributed by atoms with E-state index < -0.39 is 11.5 Å². The largest absolute Gasteiger partial charge is 0.481 e. The van der Waals surface area contributed by atoms with Gasteiger partial charge in [-0.2, -0.15) is 0 Å². The fraction of sp³-hybridized carbons (Fsp3) is 0.846. The number of carboxylic acid groups (broad SMARTS) is 1. The number of aliphatic carboxylic acids is 1. The third-order valence-electron chi connectivity index (χ3n) is 3.65. The zero-order chi connectivity index (χ0) is 13.9. The number of carbonyl (C=O) groups is 2. The summed E-state index contributed by atoms with van der Waals surface area (Å²) in [6, 6.07) is 0. The SMILES string of the molecule is CCOC1CC1C(=O)NC(C)(CC(=O)O)C(C)C. The van der Waals surface area contributed by atoms with Gasteiger partial charge in [-0.05, 0) is 26.2 Å². The third-order valence-corrected chi connectivity index (χ3v) is 3.65. The molecule has 0 aromatic carbocycles. The number of nitrogens with one attached hydrogen (secondary N) is 1. The number of ether oxygens (including phenoxy) is 1. The van der Waals surface area contributed by atoms with Crippen LogP contribution in [-0.4, -0.2) is 35.2 Å². The van der Waals surface area contributed by atoms with Crippen LogP contribution in [0.15, 0.2) is 0 Å². The van der Waals surface area contributed by atoms with E-state index in [9.17, 15) is 9.59 Å². The third kappa shape index (κ3) is 3.70. The zero-order valence-corrected chi connectivity index (χ0v) is 11.5. The Morgan fingerprint density at radius 1 is 1.50 bits per heavy atom. The van der Waals surface area contributed by atoms with Crippen molar-refractivity contribution in [2.75, 3.05) is 6.61 Å². The van der Waals surface area contributed by atoms with Crippen LogP contribution in [0.4, 0.5) is 0 Å². The summed E-state index contributed by atoms with van der Waals surface area (Å²) in [7, 11) is 0. The first-order chi connectivity index (χ1) is 8.30. The molecule has 1 aliphatic carbocycles. The van der Waals surface area contributed by atoms with E-state index in [1.807, 2.05) is 20.8 Å². The van der Waals surface area contributed by atoms with Gasteiger partial charge >= 0.3 is 5.97 Å². The van der Waals surface area contributed by atoms with Crippen molar-refractivity contribution in [3.63, 3.8) is 0 Å². The molecular weight excluding hydrogens is 234 g/mol. The second-order valence-electron chi connectivity index (χ2n) is 5.47. The summed E-state index contributed by atoms with van der Waals surface area (Å²) in [5.41, 5.74) is -0.706. The van der Waals surface area contributed by atoms with Gasteiger partial charge in [-0.25, -0.2) is 0 Å². The Kier molecular flexibility index (Phi) is 4.73. The normalized spacial score (nSPS) is 25.6. The van der Waals surface area contributed by atoms with E-state index in [0.717, 1.165) is 6.42 Å². The van der Waals surface area contributed by atoms with E-state index in [2.05, 4.69) is 5.32 Å². The summed E-state index contributed by atoms with van der Waals surface area (Å²) in [6.07, 6.45) is 0.680. The van der Waals surface area contributed by atoms with Crippen LogP contribution in [0.25, 0.3) is 0 Å². The highest BCUT2D eigenvalue weighted by molar-refractivity contribution is 5.83. The number of hydrogen-bond donors (Lipinski definition) is 2. The molecule has 0 heterocycles. The number of carbonyl (C=O) groups excluding carboxylic acids is 1. The molecule has 2 N–H and O–H groups in total. The van der Waals surface area contributed by atoms with Crippen LogP contribution in [0.5, 0.6) is 0 Å². The first-order valence-corrected chi connectivity index (χ1v) is 6.45. The highest BCUT2D eigenvalue weighted by Crippen LogP contribution is 2.35. The Labute approximate surface area is 108 Å². The fourth-order valence-electron chi connectivity index (χ4n) is 1.93. The van der Waals surface area contributed by atoms with Crippen LogP contribution >= 0.6 is 0 Å². The van der Waals surface area contributed by atoms with Crippen molar-refractivity contribution in [3.05, 3.63) is 0 Å². The molecule has 0 saturated heterocycles. The van der Waals surface area contributed by atoms with Crippen molar-refractivity contribution in [2.24, 2.45) is 11.8 Å². The molecule has 3 unspecified atom stereocenters. The average molecular weight is 257 g/mol. The van der Waals surface area contributed by atoms with Gasteiger partial charge in [0.15, 0.2) is 0 Å². The number of rotatable bonds is 7. The Morgan fingerprint density at radius 3 is 2.56 bits per heavy atom. The number of hydrogen-bond acceptors (Lipinski definition) is 3. The fourth-order valence-corrected chi connectivity index (χ4v) is 1.93. The molecule has 1 rings (SSSR count). The predicted octanol–water partition coefficient (Wildman–Crippen LogP) is 1.42. The van der Waals surface area contributed by atoms with Gasteiger partial charge in [-0.15, -0.1) is 0 Å². The maximum Gasteiger partial charge on any atom is 0.305 e. The van der Waals surface area contributed by atoms with E-state index in [-0.39, 0.29) is 30.3 Å². The van der Waals surface area contributed by atoms with Gasteiger partial charge in [0, 0.05) is 12.1 Å². The molecule has 5 heteroatoms. The predicted molar refractivity (Wildman–Crippen MR) is 67.2 cm³/mol. The Morgan fingerprint density at radius 2 is 2.11 bits per heavy atom. The smallest absolute Gasteiger partial charge is 0.305 e. The molecule has 5 nitrogen and oxygen atoms in total. The first kappa shape index (κ1) is 15.0. The Bertz CT molecular complexity index is 329. The molecule has 1 fully saturated rings. The molecule has 104 valence electrons. The molecule has 1 amide bonds. The topological polar surface area (TPSA) is 75.6 Å². The maximum absolute atomic E-state index is 12.0. The number of carboxylic acids is 1. The lowest BCUT2D eigenvalue weighted by molar-refractivity contribution is -0.139. The van der Waals surface area contributed by atoms with E-state index in [0.29, 0.717) is 6.61 Å². The van der Waals surface area contributed by atoms with E-state index in [4.69, 9.17) is 9.84 Å². The summed E-state index contributed by atoms with van der Waals surface area (Å²) >= 11 is 0. The molecule has 0 spiro atoms. The van der Waals surface area contributed by atoms with Crippen molar-refractivity contribution in [2.45, 2.75) is 52.2 Å². The van der Waals surface area contributed by atoms with Gasteiger partial charge in [0.2, 0.25) is 5.91 Å². The van der Waals surface area contributed by atoms with Crippen molar-refractivity contribution in [3.8, 4) is 0 Å². The lowest BCUT2D eigenvalue weighted by atomic mass is 9.85. The molecule has 1 aliphatic rings. The van der Waals surface area contributed by atoms with Crippen molar-refractivity contribution >= 4 is 11.9 Å². The molecule has 0 radical (unpaired) electrons. The minimum atomic E-state index is -0.899. The quantitative estimate of drug-likeness (QED) is 0.723. The molecule has 0 aromatic rings. The van der Waals surface area contributed by atoms with E-state index >= 15 is 0 Å². The highest BCUT2D eigenvalue weighted by Gasteiger charge is 2.46. The second-order valence-corrected chi connectivity index (χ2v) is 5.47. The summed E-state index contributed by atoms with van der Waals surface area (Å²) in [5, 5.41) is 11.8. The van der Waals surface area contributed by atoms with Crippen LogP contribution in [0.1, 0.15) is 40.5 Å². The average Bonchev–Trinajstić information content (AvgIpc) is 2.96. The van der Waals surface area contributed by atoms with Crippen LogP contribution in [0.3, 0.4) is 0 Å². The minimum absolute atomic E-state index is 0.0104. The van der Waals surface area contributed by atoms with Gasteiger partial charge in [0.1, 0.15) is 0 Å². The molecule has 3 atom stereocenters. The van der Waals surface area contributed by atoms with Gasteiger partial charge in [0.25, 0.3) is 0 Å². The first-order valence-electron chi connectivity index (χ1n) is 6.45. The van der Waals surface area contributed by atoms with Crippen molar-refractivity contribution < 1.29 is 19.4 Å². The lowest BCUT2D eigenvalue weighted by Gasteiger charge is -2.33. The summed E-state index contributed by atoms with van der Waals surface area (Å²) in [6.45, 7) is 8.11. The summed E-state index contributed by atoms with van der Waals surface area (Å²) in [4.78, 5) is 22.9. The van der Waals surface area contributed by atoms with Gasteiger partial charge in [-0.3, -0.25) is 9.59 Å². The Balaban J connectivity index is 2.57. The zero-order valence-electron chi connectivity index (χ0n) is 11.5. The lowest BCUT2D eigenvalue weighted by Crippen LogP contribution is -2.52.